The Hall–Kier alpha value is -2.06. The van der Waals surface area contributed by atoms with Gasteiger partial charge in [0.15, 0.2) is 8.32 Å². The minimum atomic E-state index is -2.36. The number of alkyl carbamates (subject to hydrolysis) is 1. The van der Waals surface area contributed by atoms with E-state index in [0.29, 0.717) is 11.3 Å². The van der Waals surface area contributed by atoms with Crippen molar-refractivity contribution in [2.45, 2.75) is 77.4 Å². The van der Waals surface area contributed by atoms with Crippen LogP contribution in [0.2, 0.25) is 18.1 Å². The molecular weight excluding hydrogens is 388 g/mol. The molecule has 0 aliphatic heterocycles. The third-order valence-electron chi connectivity index (χ3n) is 4.96. The average Bonchev–Trinajstić information content (AvgIpc) is 2.55. The molecule has 0 aromatic heterocycles. The first kappa shape index (κ1) is 25.0. The van der Waals surface area contributed by atoms with Crippen molar-refractivity contribution in [3.05, 3.63) is 29.8 Å². The van der Waals surface area contributed by atoms with Gasteiger partial charge in [0.1, 0.15) is 17.5 Å². The van der Waals surface area contributed by atoms with Crippen LogP contribution in [0.15, 0.2) is 24.3 Å². The number of ether oxygens (including phenoxy) is 2. The van der Waals surface area contributed by atoms with E-state index in [1.807, 2.05) is 13.1 Å². The molecule has 0 bridgehead atoms. The Morgan fingerprint density at radius 2 is 1.55 bits per heavy atom. The number of hydrogen-bond acceptors (Lipinski definition) is 5. The zero-order valence-corrected chi connectivity index (χ0v) is 20.1. The van der Waals surface area contributed by atoms with Gasteiger partial charge in [0.05, 0.1) is 13.2 Å². The molecule has 0 radical (unpaired) electrons. The molecule has 29 heavy (non-hydrogen) atoms. The molecule has 0 aliphatic rings. The summed E-state index contributed by atoms with van der Waals surface area (Å²) in [7, 11) is -0.792. The minimum absolute atomic E-state index is 0.142. The molecule has 1 aromatic rings. The fraction of sp³-hybridized carbons (Fsp3) is 0.619. The van der Waals surface area contributed by atoms with Crippen molar-refractivity contribution in [2.75, 3.05) is 7.11 Å². The molecule has 0 fully saturated rings. The maximum Gasteiger partial charge on any atom is 0.408 e. The molecule has 164 valence electrons. The summed E-state index contributed by atoms with van der Waals surface area (Å²) in [5.74, 6) is 0.0115. The molecule has 1 aromatic carbocycles. The number of primary amides is 1. The third kappa shape index (κ3) is 7.36. The van der Waals surface area contributed by atoms with Crippen molar-refractivity contribution in [3.8, 4) is 5.75 Å². The SMILES string of the molecule is COc1ccc([C@@H](NC(=O)OC(C)(C)C)[C@H](O[Si](C)(C)C(C)(C)C)C(N)=O)cc1. The van der Waals surface area contributed by atoms with E-state index in [2.05, 4.69) is 26.1 Å². The lowest BCUT2D eigenvalue weighted by molar-refractivity contribution is -0.126. The van der Waals surface area contributed by atoms with Crippen LogP contribution in [0.25, 0.3) is 0 Å². The highest BCUT2D eigenvalue weighted by Gasteiger charge is 2.43. The molecule has 0 saturated heterocycles. The molecule has 8 heteroatoms. The maximum absolute atomic E-state index is 12.5. The van der Waals surface area contributed by atoms with Crippen molar-refractivity contribution >= 4 is 20.3 Å². The number of benzene rings is 1. The van der Waals surface area contributed by atoms with Crippen LogP contribution in [-0.4, -0.2) is 39.1 Å². The molecule has 0 spiro atoms. The Morgan fingerprint density at radius 3 is 1.93 bits per heavy atom. The molecular formula is C21H36N2O5Si. The lowest BCUT2D eigenvalue weighted by Crippen LogP contribution is -2.53. The van der Waals surface area contributed by atoms with E-state index in [9.17, 15) is 9.59 Å². The summed E-state index contributed by atoms with van der Waals surface area (Å²) in [5, 5.41) is 2.64. The molecule has 7 nitrogen and oxygen atoms in total. The molecule has 0 aliphatic carbocycles. The van der Waals surface area contributed by atoms with Crippen LogP contribution in [0, 0.1) is 0 Å². The van der Waals surface area contributed by atoms with E-state index in [4.69, 9.17) is 19.6 Å². The molecule has 0 heterocycles. The van der Waals surface area contributed by atoms with Crippen LogP contribution in [0.3, 0.4) is 0 Å². The molecule has 0 saturated carbocycles. The summed E-state index contributed by atoms with van der Waals surface area (Å²) >= 11 is 0. The second-order valence-electron chi connectivity index (χ2n) is 9.60. The van der Waals surface area contributed by atoms with E-state index in [1.54, 1.807) is 52.1 Å². The first-order valence-corrected chi connectivity index (χ1v) is 12.6. The summed E-state index contributed by atoms with van der Waals surface area (Å²) in [6.07, 6.45) is -1.69. The van der Waals surface area contributed by atoms with Crippen molar-refractivity contribution in [1.29, 1.82) is 0 Å². The maximum atomic E-state index is 12.5. The van der Waals surface area contributed by atoms with Crippen LogP contribution >= 0.6 is 0 Å². The van der Waals surface area contributed by atoms with Gasteiger partial charge in [-0.15, -0.1) is 0 Å². The zero-order chi connectivity index (χ0) is 22.6. The average molecular weight is 425 g/mol. The Bertz CT molecular complexity index is 705. The lowest BCUT2D eigenvalue weighted by atomic mass is 10.0. The summed E-state index contributed by atoms with van der Waals surface area (Å²) in [6.45, 7) is 15.6. The highest BCUT2D eigenvalue weighted by atomic mass is 28.4. The van der Waals surface area contributed by atoms with E-state index < -0.39 is 38.1 Å². The standard InChI is InChI=1S/C21H36N2O5Si/c1-20(2,3)27-19(25)23-16(14-10-12-15(26-7)13-11-14)17(18(22)24)28-29(8,9)21(4,5)6/h10-13,16-17H,1-9H3,(H2,22,24)(H,23,25)/t16-,17+/m1/s1. The van der Waals surface area contributed by atoms with Crippen LogP contribution in [0.4, 0.5) is 4.79 Å². The number of nitrogens with one attached hydrogen (secondary N) is 1. The van der Waals surface area contributed by atoms with Crippen molar-refractivity contribution in [2.24, 2.45) is 5.73 Å². The monoisotopic (exact) mass is 424 g/mol. The lowest BCUT2D eigenvalue weighted by Gasteiger charge is -2.40. The van der Waals surface area contributed by atoms with E-state index in [0.717, 1.165) is 0 Å². The Morgan fingerprint density at radius 1 is 1.03 bits per heavy atom. The number of amides is 2. The van der Waals surface area contributed by atoms with Gasteiger partial charge in [0.2, 0.25) is 5.91 Å². The summed E-state index contributed by atoms with van der Waals surface area (Å²) in [4.78, 5) is 24.9. The van der Waals surface area contributed by atoms with E-state index >= 15 is 0 Å². The number of hydrogen-bond donors (Lipinski definition) is 2. The van der Waals surface area contributed by atoms with Gasteiger partial charge < -0.3 is 25.0 Å². The fourth-order valence-electron chi connectivity index (χ4n) is 2.36. The number of carbonyl (C=O) groups is 2. The van der Waals surface area contributed by atoms with Gasteiger partial charge >= 0.3 is 6.09 Å². The molecule has 2 atom stereocenters. The number of rotatable bonds is 7. The molecule has 0 unspecified atom stereocenters. The predicted octanol–water partition coefficient (Wildman–Crippen LogP) is 4.14. The number of nitrogens with two attached hydrogens (primary N) is 1. The Labute approximate surface area is 175 Å². The second kappa shape index (κ2) is 9.17. The third-order valence-corrected chi connectivity index (χ3v) is 9.41. The summed E-state index contributed by atoms with van der Waals surface area (Å²) in [6, 6.07) is 6.24. The van der Waals surface area contributed by atoms with Gasteiger partial charge in [-0.05, 0) is 56.6 Å². The highest BCUT2D eigenvalue weighted by Crippen LogP contribution is 2.39. The molecule has 1 rings (SSSR count). The van der Waals surface area contributed by atoms with Crippen molar-refractivity contribution in [1.82, 2.24) is 5.32 Å². The van der Waals surface area contributed by atoms with Crippen LogP contribution < -0.4 is 15.8 Å². The predicted molar refractivity (Wildman–Crippen MR) is 116 cm³/mol. The van der Waals surface area contributed by atoms with Gasteiger partial charge in [0.25, 0.3) is 0 Å². The Kier molecular flexibility index (Phi) is 7.90. The minimum Gasteiger partial charge on any atom is -0.497 e. The van der Waals surface area contributed by atoms with Gasteiger partial charge in [-0.3, -0.25) is 4.79 Å². The van der Waals surface area contributed by atoms with Gasteiger partial charge in [-0.2, -0.15) is 0 Å². The van der Waals surface area contributed by atoms with E-state index in [1.165, 1.54) is 0 Å². The van der Waals surface area contributed by atoms with Crippen LogP contribution in [0.1, 0.15) is 53.1 Å². The second-order valence-corrected chi connectivity index (χ2v) is 14.4. The smallest absolute Gasteiger partial charge is 0.408 e. The van der Waals surface area contributed by atoms with Crippen LogP contribution in [0.5, 0.6) is 5.75 Å². The van der Waals surface area contributed by atoms with Crippen LogP contribution in [-0.2, 0) is 14.0 Å². The van der Waals surface area contributed by atoms with Crippen molar-refractivity contribution in [3.63, 3.8) is 0 Å². The Balaban J connectivity index is 3.33. The topological polar surface area (TPSA) is 99.9 Å². The van der Waals surface area contributed by atoms with E-state index in [-0.39, 0.29) is 5.04 Å². The number of carbonyl (C=O) groups excluding carboxylic acids is 2. The van der Waals surface area contributed by atoms with Gasteiger partial charge in [-0.25, -0.2) is 4.79 Å². The molecule has 3 N–H and O–H groups in total. The van der Waals surface area contributed by atoms with Gasteiger partial charge in [0, 0.05) is 0 Å². The highest BCUT2D eigenvalue weighted by molar-refractivity contribution is 6.74. The molecule has 2 amide bonds. The first-order chi connectivity index (χ1) is 13.1. The zero-order valence-electron chi connectivity index (χ0n) is 19.1. The van der Waals surface area contributed by atoms with Crippen molar-refractivity contribution < 1.29 is 23.5 Å². The largest absolute Gasteiger partial charge is 0.497 e. The summed E-state index contributed by atoms with van der Waals surface area (Å²) < 4.78 is 16.9. The quantitative estimate of drug-likeness (QED) is 0.641. The first-order valence-electron chi connectivity index (χ1n) is 9.68. The summed E-state index contributed by atoms with van der Waals surface area (Å²) in [5.41, 5.74) is 5.71. The normalized spacial score (nSPS) is 14.7. The number of methoxy groups -OCH3 is 1. The van der Waals surface area contributed by atoms with Gasteiger partial charge in [-0.1, -0.05) is 32.9 Å². The fourth-order valence-corrected chi connectivity index (χ4v) is 3.60.